The first-order valence-corrected chi connectivity index (χ1v) is 9.97. The highest BCUT2D eigenvalue weighted by Crippen LogP contribution is 2.31. The van der Waals surface area contributed by atoms with Gasteiger partial charge >= 0.3 is 0 Å². The normalized spacial score (nSPS) is 13.3. The first kappa shape index (κ1) is 23.5. The summed E-state index contributed by atoms with van der Waals surface area (Å²) in [6.07, 6.45) is 1.78. The lowest BCUT2D eigenvalue weighted by molar-refractivity contribution is 0.295. The van der Waals surface area contributed by atoms with E-state index in [1.807, 2.05) is 32.3 Å². The highest BCUT2D eigenvalue weighted by molar-refractivity contribution is 5.79. The summed E-state index contributed by atoms with van der Waals surface area (Å²) >= 11 is 0. The zero-order chi connectivity index (χ0) is 22.3. The number of oxazole rings is 1. The van der Waals surface area contributed by atoms with Gasteiger partial charge in [-0.25, -0.2) is 4.98 Å². The first-order chi connectivity index (χ1) is 14.2. The van der Waals surface area contributed by atoms with E-state index in [4.69, 9.17) is 13.9 Å². The van der Waals surface area contributed by atoms with E-state index in [2.05, 4.69) is 46.3 Å². The Morgan fingerprint density at radius 2 is 1.87 bits per heavy atom. The molecule has 0 radical (unpaired) electrons. The monoisotopic (exact) mass is 417 g/mol. The highest BCUT2D eigenvalue weighted by Gasteiger charge is 2.20. The fourth-order valence-corrected chi connectivity index (χ4v) is 2.97. The van der Waals surface area contributed by atoms with Gasteiger partial charge in [-0.05, 0) is 31.8 Å². The van der Waals surface area contributed by atoms with Gasteiger partial charge in [0.05, 0.1) is 33.0 Å². The third-order valence-corrected chi connectivity index (χ3v) is 4.80. The van der Waals surface area contributed by atoms with Crippen molar-refractivity contribution in [3.05, 3.63) is 41.6 Å². The minimum atomic E-state index is -0.0659. The van der Waals surface area contributed by atoms with E-state index in [0.29, 0.717) is 36.4 Å². The summed E-state index contributed by atoms with van der Waals surface area (Å²) in [5.41, 5.74) is 1.05. The van der Waals surface area contributed by atoms with Crippen LogP contribution in [0, 0.1) is 0 Å². The van der Waals surface area contributed by atoms with E-state index in [1.54, 1.807) is 27.5 Å². The Hall–Kier alpha value is -2.74. The summed E-state index contributed by atoms with van der Waals surface area (Å²) < 4.78 is 16.6. The van der Waals surface area contributed by atoms with Gasteiger partial charge in [0, 0.05) is 19.0 Å². The van der Waals surface area contributed by atoms with Crippen molar-refractivity contribution in [2.75, 3.05) is 41.9 Å². The van der Waals surface area contributed by atoms with Crippen LogP contribution in [0.25, 0.3) is 0 Å². The molecule has 1 aromatic heterocycles. The third-order valence-electron chi connectivity index (χ3n) is 4.80. The van der Waals surface area contributed by atoms with Crippen molar-refractivity contribution in [2.24, 2.45) is 4.99 Å². The van der Waals surface area contributed by atoms with E-state index in [1.165, 1.54) is 0 Å². The quantitative estimate of drug-likeness (QED) is 0.505. The largest absolute Gasteiger partial charge is 0.493 e. The van der Waals surface area contributed by atoms with Crippen molar-refractivity contribution < 1.29 is 13.9 Å². The standard InChI is InChI=1S/C22H35N5O3/c1-22(2,3)19-13-24-20(30-19)14-26-21(23-4)25-12-16(27(5)6)15-9-10-17(28-7)18(11-15)29-8/h9-11,13,16H,12,14H2,1-8H3,(H2,23,25,26). The van der Waals surface area contributed by atoms with Gasteiger partial charge in [-0.3, -0.25) is 4.99 Å². The predicted octanol–water partition coefficient (Wildman–Crippen LogP) is 2.96. The second-order valence-electron chi connectivity index (χ2n) is 8.27. The van der Waals surface area contributed by atoms with E-state index in [9.17, 15) is 0 Å². The number of guanidine groups is 1. The zero-order valence-electron chi connectivity index (χ0n) is 19.4. The van der Waals surface area contributed by atoms with Crippen LogP contribution in [0.3, 0.4) is 0 Å². The number of nitrogens with zero attached hydrogens (tertiary/aromatic N) is 3. The van der Waals surface area contributed by atoms with Crippen LogP contribution < -0.4 is 20.1 Å². The van der Waals surface area contributed by atoms with Crippen molar-refractivity contribution in [1.29, 1.82) is 0 Å². The fourth-order valence-electron chi connectivity index (χ4n) is 2.97. The molecule has 1 atom stereocenters. The number of hydrogen-bond donors (Lipinski definition) is 2. The molecule has 0 saturated heterocycles. The maximum absolute atomic E-state index is 5.83. The number of methoxy groups -OCH3 is 2. The Kier molecular flexibility index (Phi) is 8.11. The predicted molar refractivity (Wildman–Crippen MR) is 119 cm³/mol. The summed E-state index contributed by atoms with van der Waals surface area (Å²) in [5.74, 6) is 3.60. The smallest absolute Gasteiger partial charge is 0.213 e. The Labute approximate surface area is 179 Å². The van der Waals surface area contributed by atoms with Gasteiger partial charge in [0.1, 0.15) is 5.76 Å². The van der Waals surface area contributed by atoms with Crippen molar-refractivity contribution >= 4 is 5.96 Å². The number of benzene rings is 1. The molecule has 8 nitrogen and oxygen atoms in total. The van der Waals surface area contributed by atoms with Crippen LogP contribution >= 0.6 is 0 Å². The lowest BCUT2D eigenvalue weighted by Gasteiger charge is -2.26. The average Bonchev–Trinajstić information content (AvgIpc) is 3.19. The second kappa shape index (κ2) is 10.3. The molecular formula is C22H35N5O3. The zero-order valence-corrected chi connectivity index (χ0v) is 19.4. The van der Waals surface area contributed by atoms with Gasteiger partial charge in [0.15, 0.2) is 17.5 Å². The number of nitrogens with one attached hydrogen (secondary N) is 2. The Morgan fingerprint density at radius 3 is 2.40 bits per heavy atom. The van der Waals surface area contributed by atoms with Crippen LogP contribution in [0.1, 0.15) is 44.0 Å². The Balaban J connectivity index is 2.01. The summed E-state index contributed by atoms with van der Waals surface area (Å²) in [6.45, 7) is 7.40. The van der Waals surface area contributed by atoms with Crippen molar-refractivity contribution in [3.8, 4) is 11.5 Å². The second-order valence-corrected chi connectivity index (χ2v) is 8.27. The highest BCUT2D eigenvalue weighted by atomic mass is 16.5. The van der Waals surface area contributed by atoms with Gasteiger partial charge in [0.25, 0.3) is 0 Å². The molecule has 166 valence electrons. The number of hydrogen-bond acceptors (Lipinski definition) is 6. The molecule has 0 aliphatic carbocycles. The summed E-state index contributed by atoms with van der Waals surface area (Å²) in [7, 11) is 9.10. The van der Waals surface area contributed by atoms with Crippen molar-refractivity contribution in [3.63, 3.8) is 0 Å². The molecule has 0 spiro atoms. The van der Waals surface area contributed by atoms with Gasteiger partial charge in [-0.1, -0.05) is 26.8 Å². The average molecular weight is 418 g/mol. The fraction of sp³-hybridized carbons (Fsp3) is 0.545. The summed E-state index contributed by atoms with van der Waals surface area (Å²) in [4.78, 5) is 10.8. The molecule has 0 aliphatic rings. The lowest BCUT2D eigenvalue weighted by Crippen LogP contribution is -2.41. The minimum Gasteiger partial charge on any atom is -0.493 e. The summed E-state index contributed by atoms with van der Waals surface area (Å²) in [6, 6.07) is 6.08. The van der Waals surface area contributed by atoms with Crippen LogP contribution in [0.15, 0.2) is 33.8 Å². The van der Waals surface area contributed by atoms with Gasteiger partial charge in [0.2, 0.25) is 5.89 Å². The molecule has 2 N–H and O–H groups in total. The number of ether oxygens (including phenoxy) is 2. The van der Waals surface area contributed by atoms with E-state index in [-0.39, 0.29) is 11.5 Å². The van der Waals surface area contributed by atoms with E-state index < -0.39 is 0 Å². The van der Waals surface area contributed by atoms with Crippen molar-refractivity contribution in [2.45, 2.75) is 38.8 Å². The molecule has 2 aromatic rings. The topological polar surface area (TPSA) is 84.2 Å². The van der Waals surface area contributed by atoms with Crippen LogP contribution in [-0.4, -0.2) is 57.8 Å². The molecule has 0 fully saturated rings. The number of rotatable bonds is 8. The molecule has 8 heteroatoms. The third kappa shape index (κ3) is 6.13. The Bertz CT molecular complexity index is 840. The van der Waals surface area contributed by atoms with Crippen LogP contribution in [0.5, 0.6) is 11.5 Å². The molecule has 0 saturated carbocycles. The first-order valence-electron chi connectivity index (χ1n) is 9.97. The molecule has 1 heterocycles. The molecular weight excluding hydrogens is 382 g/mol. The number of aliphatic imine (C=N–C) groups is 1. The molecule has 30 heavy (non-hydrogen) atoms. The number of likely N-dealkylation sites (N-methyl/N-ethyl adjacent to an activating group) is 1. The minimum absolute atomic E-state index is 0.0659. The van der Waals surface area contributed by atoms with Gasteiger partial charge < -0.3 is 29.4 Å². The molecule has 0 bridgehead atoms. The molecule has 1 unspecified atom stereocenters. The molecule has 1 aromatic carbocycles. The summed E-state index contributed by atoms with van der Waals surface area (Å²) in [5, 5.41) is 6.63. The van der Waals surface area contributed by atoms with Gasteiger partial charge in [-0.15, -0.1) is 0 Å². The molecule has 0 aliphatic heterocycles. The maximum Gasteiger partial charge on any atom is 0.213 e. The number of aromatic nitrogens is 1. The van der Waals surface area contributed by atoms with Crippen molar-refractivity contribution in [1.82, 2.24) is 20.5 Å². The Morgan fingerprint density at radius 1 is 1.17 bits per heavy atom. The molecule has 0 amide bonds. The van der Waals surface area contributed by atoms with E-state index >= 15 is 0 Å². The van der Waals surface area contributed by atoms with Crippen LogP contribution in [0.2, 0.25) is 0 Å². The maximum atomic E-state index is 5.83. The van der Waals surface area contributed by atoms with Crippen LogP contribution in [0.4, 0.5) is 0 Å². The SMILES string of the molecule is CN=C(NCc1ncc(C(C)(C)C)o1)NCC(c1ccc(OC)c(OC)c1)N(C)C. The van der Waals surface area contributed by atoms with Crippen LogP contribution in [-0.2, 0) is 12.0 Å². The lowest BCUT2D eigenvalue weighted by atomic mass is 9.94. The van der Waals surface area contributed by atoms with Gasteiger partial charge in [-0.2, -0.15) is 0 Å². The van der Waals surface area contributed by atoms with E-state index in [0.717, 1.165) is 11.3 Å². The molecule has 2 rings (SSSR count).